The predicted molar refractivity (Wildman–Crippen MR) is 105 cm³/mol. The fourth-order valence-corrected chi connectivity index (χ4v) is 4.34. The van der Waals surface area contributed by atoms with Gasteiger partial charge in [-0.3, -0.25) is 0 Å². The average molecular weight is 406 g/mol. The lowest BCUT2D eigenvalue weighted by atomic mass is 9.94. The van der Waals surface area contributed by atoms with Crippen LogP contribution in [0.4, 0.5) is 17.1 Å². The quantitative estimate of drug-likeness (QED) is 0.476. The molecule has 1 atom stereocenters. The second kappa shape index (κ2) is 6.11. The van der Waals surface area contributed by atoms with Gasteiger partial charge in [0.1, 0.15) is 0 Å². The summed E-state index contributed by atoms with van der Waals surface area (Å²) in [6.07, 6.45) is 2.39. The van der Waals surface area contributed by atoms with Crippen molar-refractivity contribution in [2.24, 2.45) is 0 Å². The lowest BCUT2D eigenvalue weighted by Crippen LogP contribution is -2.26. The largest absolute Gasteiger partial charge is 0.355 e. The van der Waals surface area contributed by atoms with E-state index in [1.807, 2.05) is 0 Å². The van der Waals surface area contributed by atoms with Crippen LogP contribution < -0.4 is 9.80 Å². The Morgan fingerprint density at radius 3 is 2.27 bits per heavy atom. The number of hydrogen-bond acceptors (Lipinski definition) is 2. The number of halogens is 1. The van der Waals surface area contributed by atoms with Crippen molar-refractivity contribution in [3.63, 3.8) is 0 Å². The number of hydrogen-bond donors (Lipinski definition) is 0. The molecule has 0 bridgehead atoms. The Balaban J connectivity index is 2.08. The van der Waals surface area contributed by atoms with Crippen LogP contribution in [-0.4, -0.2) is 13.7 Å². The molecule has 0 aliphatic carbocycles. The van der Waals surface area contributed by atoms with Crippen molar-refractivity contribution >= 4 is 39.7 Å². The van der Waals surface area contributed by atoms with Gasteiger partial charge in [-0.05, 0) is 37.1 Å². The van der Waals surface area contributed by atoms with Gasteiger partial charge in [-0.25, -0.2) is 0 Å². The summed E-state index contributed by atoms with van der Waals surface area (Å²) in [4.78, 5) is 4.76. The molecule has 3 rings (SSSR count). The van der Waals surface area contributed by atoms with Crippen LogP contribution in [0.3, 0.4) is 0 Å². The molecule has 2 nitrogen and oxygen atoms in total. The van der Waals surface area contributed by atoms with Crippen LogP contribution in [0.1, 0.15) is 32.3 Å². The van der Waals surface area contributed by atoms with E-state index in [-0.39, 0.29) is 3.42 Å². The van der Waals surface area contributed by atoms with Gasteiger partial charge in [0.2, 0.25) is 0 Å². The van der Waals surface area contributed by atoms with Gasteiger partial charge >= 0.3 is 0 Å². The van der Waals surface area contributed by atoms with Gasteiger partial charge in [-0.1, -0.05) is 66.3 Å². The van der Waals surface area contributed by atoms with E-state index in [4.69, 9.17) is 0 Å². The first-order chi connectivity index (χ1) is 10.5. The molecule has 1 unspecified atom stereocenters. The smallest absolute Gasteiger partial charge is 0.0950 e. The molecular formula is C19H23IN2. The highest BCUT2D eigenvalue weighted by atomic mass is 127. The van der Waals surface area contributed by atoms with E-state index in [0.717, 1.165) is 6.67 Å². The Bertz CT molecular complexity index is 666. The van der Waals surface area contributed by atoms with E-state index in [1.54, 1.807) is 0 Å². The minimum Gasteiger partial charge on any atom is -0.355 e. The monoisotopic (exact) mass is 406 g/mol. The van der Waals surface area contributed by atoms with E-state index >= 15 is 0 Å². The molecule has 0 spiro atoms. The topological polar surface area (TPSA) is 6.48 Å². The number of benzene rings is 2. The van der Waals surface area contributed by atoms with Crippen LogP contribution in [0, 0.1) is 0 Å². The molecule has 0 radical (unpaired) electrons. The van der Waals surface area contributed by atoms with Crippen LogP contribution in [0.5, 0.6) is 0 Å². The van der Waals surface area contributed by atoms with Crippen LogP contribution in [-0.2, 0) is 3.42 Å². The first-order valence-electron chi connectivity index (χ1n) is 7.90. The Labute approximate surface area is 147 Å². The summed E-state index contributed by atoms with van der Waals surface area (Å²) in [7, 11) is 2.16. The van der Waals surface area contributed by atoms with E-state index in [2.05, 4.69) is 102 Å². The van der Waals surface area contributed by atoms with E-state index in [1.165, 1.54) is 35.5 Å². The van der Waals surface area contributed by atoms with Crippen molar-refractivity contribution < 1.29 is 0 Å². The minimum absolute atomic E-state index is 0.166. The van der Waals surface area contributed by atoms with Crippen molar-refractivity contribution in [3.05, 3.63) is 54.1 Å². The molecule has 3 heteroatoms. The second-order valence-electron chi connectivity index (χ2n) is 6.22. The van der Waals surface area contributed by atoms with Crippen molar-refractivity contribution in [1.82, 2.24) is 0 Å². The molecule has 22 heavy (non-hydrogen) atoms. The maximum Gasteiger partial charge on any atom is 0.0950 e. The van der Waals surface area contributed by atoms with Crippen molar-refractivity contribution in [1.29, 1.82) is 0 Å². The molecular weight excluding hydrogens is 383 g/mol. The molecule has 0 N–H and O–H groups in total. The third-order valence-corrected chi connectivity index (χ3v) is 5.53. The maximum atomic E-state index is 2.62. The van der Waals surface area contributed by atoms with Crippen molar-refractivity contribution in [2.75, 3.05) is 23.5 Å². The number of anilines is 3. The Kier molecular flexibility index (Phi) is 4.35. The van der Waals surface area contributed by atoms with Gasteiger partial charge < -0.3 is 9.80 Å². The number of rotatable bonds is 4. The van der Waals surface area contributed by atoms with E-state index in [0.29, 0.717) is 0 Å². The molecule has 0 fully saturated rings. The lowest BCUT2D eigenvalue weighted by molar-refractivity contribution is 0.637. The third kappa shape index (κ3) is 2.71. The second-order valence-corrected chi connectivity index (χ2v) is 8.60. The number of nitrogens with zero attached hydrogens (tertiary/aromatic N) is 2. The Morgan fingerprint density at radius 2 is 1.59 bits per heavy atom. The summed E-state index contributed by atoms with van der Waals surface area (Å²) in [5, 5.41) is 0. The molecule has 1 aliphatic heterocycles. The zero-order valence-electron chi connectivity index (χ0n) is 13.5. The molecule has 116 valence electrons. The zero-order valence-corrected chi connectivity index (χ0v) is 15.7. The molecule has 1 aliphatic rings. The van der Waals surface area contributed by atoms with Gasteiger partial charge in [-0.2, -0.15) is 0 Å². The predicted octanol–water partition coefficient (Wildman–Crippen LogP) is 5.68. The van der Waals surface area contributed by atoms with Crippen LogP contribution >= 0.6 is 22.6 Å². The van der Waals surface area contributed by atoms with Gasteiger partial charge in [0.25, 0.3) is 0 Å². The van der Waals surface area contributed by atoms with Gasteiger partial charge in [0, 0.05) is 16.2 Å². The lowest BCUT2D eigenvalue weighted by Gasteiger charge is -2.30. The summed E-state index contributed by atoms with van der Waals surface area (Å²) in [5.41, 5.74) is 5.39. The molecule has 2 aromatic rings. The summed E-state index contributed by atoms with van der Waals surface area (Å²) in [6, 6.07) is 17.5. The molecule has 2 aromatic carbocycles. The minimum atomic E-state index is 0.166. The molecule has 0 aromatic heterocycles. The summed E-state index contributed by atoms with van der Waals surface area (Å²) < 4.78 is 0.166. The van der Waals surface area contributed by atoms with Gasteiger partial charge in [0.05, 0.1) is 18.0 Å². The van der Waals surface area contributed by atoms with Crippen LogP contribution in [0.2, 0.25) is 0 Å². The standard InChI is InChI=1S/C19H23IN2/c1-4-13-19(2,20)15-9-5-6-10-16(15)22-14-21(3)17-11-7-8-12-18(17)22/h5-12H,4,13-14H2,1-3H3. The van der Waals surface area contributed by atoms with E-state index < -0.39 is 0 Å². The van der Waals surface area contributed by atoms with Crippen LogP contribution in [0.15, 0.2) is 48.5 Å². The molecule has 1 heterocycles. The van der Waals surface area contributed by atoms with Crippen molar-refractivity contribution in [3.8, 4) is 0 Å². The Hall–Kier alpha value is -1.23. The van der Waals surface area contributed by atoms with E-state index in [9.17, 15) is 0 Å². The first kappa shape index (κ1) is 15.7. The highest BCUT2D eigenvalue weighted by Gasteiger charge is 2.30. The highest BCUT2D eigenvalue weighted by Crippen LogP contribution is 2.46. The molecule has 0 saturated carbocycles. The summed E-state index contributed by atoms with van der Waals surface area (Å²) in [5.74, 6) is 0. The maximum absolute atomic E-state index is 2.62. The fraction of sp³-hybridized carbons (Fsp3) is 0.368. The SMILES string of the molecule is CCCC(C)(I)c1ccccc1N1CN(C)c2ccccc21. The summed E-state index contributed by atoms with van der Waals surface area (Å²) >= 11 is 2.62. The number of para-hydroxylation sites is 3. The normalized spacial score (nSPS) is 16.5. The average Bonchev–Trinajstić information content (AvgIpc) is 2.85. The highest BCUT2D eigenvalue weighted by molar-refractivity contribution is 14.1. The zero-order chi connectivity index (χ0) is 15.7. The third-order valence-electron chi connectivity index (χ3n) is 4.41. The Morgan fingerprint density at radius 1 is 1.00 bits per heavy atom. The number of alkyl halides is 1. The first-order valence-corrected chi connectivity index (χ1v) is 8.98. The number of fused-ring (bicyclic) bond motifs is 1. The van der Waals surface area contributed by atoms with Crippen LogP contribution in [0.25, 0.3) is 0 Å². The molecule has 0 amide bonds. The van der Waals surface area contributed by atoms with Gasteiger partial charge in [0.15, 0.2) is 0 Å². The van der Waals surface area contributed by atoms with Crippen molar-refractivity contribution in [2.45, 2.75) is 30.1 Å². The fourth-order valence-electron chi connectivity index (χ4n) is 3.34. The summed E-state index contributed by atoms with van der Waals surface area (Å²) in [6.45, 7) is 5.52. The molecule has 0 saturated heterocycles. The van der Waals surface area contributed by atoms with Gasteiger partial charge in [-0.15, -0.1) is 0 Å².